The second-order valence-corrected chi connectivity index (χ2v) is 15.3. The van der Waals surface area contributed by atoms with Gasteiger partial charge in [-0.1, -0.05) is 0 Å². The third kappa shape index (κ3) is 6.98. The van der Waals surface area contributed by atoms with E-state index >= 15 is 0 Å². The van der Waals surface area contributed by atoms with Gasteiger partial charge in [0.1, 0.15) is 0 Å². The zero-order chi connectivity index (χ0) is 17.8. The van der Waals surface area contributed by atoms with E-state index < -0.39 is 25.7 Å². The Kier molecular flexibility index (Phi) is 10.3. The van der Waals surface area contributed by atoms with Gasteiger partial charge >= 0.3 is 150 Å². The summed E-state index contributed by atoms with van der Waals surface area (Å²) in [4.78, 5) is 12.6. The zero-order valence-electron chi connectivity index (χ0n) is 15.6. The summed E-state index contributed by atoms with van der Waals surface area (Å²) in [5, 5.41) is 13.6. The number of carbonyl (C=O) groups is 1. The summed E-state index contributed by atoms with van der Waals surface area (Å²) in [6, 6.07) is 9.13. The fourth-order valence-corrected chi connectivity index (χ4v) is 12.7. The molecule has 0 aliphatic heterocycles. The van der Waals surface area contributed by atoms with Gasteiger partial charge in [-0.2, -0.15) is 0 Å². The van der Waals surface area contributed by atoms with E-state index in [0.29, 0.717) is 5.56 Å². The van der Waals surface area contributed by atoms with E-state index in [1.165, 1.54) is 0 Å². The Morgan fingerprint density at radius 1 is 0.958 bits per heavy atom. The number of hydrogen-bond donors (Lipinski definition) is 1. The van der Waals surface area contributed by atoms with Crippen molar-refractivity contribution in [2.45, 2.75) is 81.2 Å². The van der Waals surface area contributed by atoms with Crippen molar-refractivity contribution in [3.8, 4) is 0 Å². The molecule has 1 unspecified atom stereocenters. The van der Waals surface area contributed by atoms with Gasteiger partial charge in [-0.25, -0.2) is 0 Å². The molecule has 0 aliphatic carbocycles. The first-order chi connectivity index (χ1) is 11.6. The van der Waals surface area contributed by atoms with Crippen LogP contribution in [-0.2, 0) is 8.56 Å². The third-order valence-corrected chi connectivity index (χ3v) is 13.9. The maximum atomic E-state index is 12.6. The number of unbranched alkanes of at least 4 members (excludes halogenated alkanes) is 3. The summed E-state index contributed by atoms with van der Waals surface area (Å²) in [6.07, 6.45) is 5.62. The summed E-state index contributed by atoms with van der Waals surface area (Å²) < 4.78 is 6.16. The van der Waals surface area contributed by atoms with Crippen LogP contribution in [0.15, 0.2) is 30.3 Å². The Morgan fingerprint density at radius 2 is 1.42 bits per heavy atom. The van der Waals surface area contributed by atoms with Gasteiger partial charge in [0.15, 0.2) is 0 Å². The molecule has 24 heavy (non-hydrogen) atoms. The van der Waals surface area contributed by atoms with Crippen LogP contribution < -0.4 is 0 Å². The van der Waals surface area contributed by atoms with Gasteiger partial charge < -0.3 is 0 Å². The van der Waals surface area contributed by atoms with Crippen LogP contribution in [0.4, 0.5) is 0 Å². The van der Waals surface area contributed by atoms with Crippen LogP contribution in [0.1, 0.15) is 71.0 Å². The Hall–Kier alpha value is -0.807. The fraction of sp³-hybridized carbons (Fsp3) is 0.650. The molecule has 0 amide bonds. The normalized spacial score (nSPS) is 12.8. The van der Waals surface area contributed by atoms with Gasteiger partial charge in [0, 0.05) is 0 Å². The Bertz CT molecular complexity index is 439. The number of carbonyl (C=O) groups excluding carboxylic acids is 1. The third-order valence-electron chi connectivity index (χ3n) is 4.61. The number of benzene rings is 1. The molecular formula is C20H34GeO3. The topological polar surface area (TPSA) is 46.5 Å². The summed E-state index contributed by atoms with van der Waals surface area (Å²) in [6.45, 7) is 6.56. The summed E-state index contributed by atoms with van der Waals surface area (Å²) in [7, 11) is 0. The Labute approximate surface area is 150 Å². The van der Waals surface area contributed by atoms with Crippen molar-refractivity contribution in [1.29, 1.82) is 0 Å². The first kappa shape index (κ1) is 21.2. The van der Waals surface area contributed by atoms with E-state index in [-0.39, 0.29) is 0 Å². The molecule has 0 saturated heterocycles. The number of aliphatic hydroxyl groups is 1. The Balaban J connectivity index is 2.88. The van der Waals surface area contributed by atoms with Gasteiger partial charge in [0.2, 0.25) is 0 Å². The van der Waals surface area contributed by atoms with Gasteiger partial charge in [-0.05, 0) is 0 Å². The van der Waals surface area contributed by atoms with Gasteiger partial charge in [0.25, 0.3) is 0 Å². The van der Waals surface area contributed by atoms with Crippen LogP contribution in [0.5, 0.6) is 0 Å². The first-order valence-corrected chi connectivity index (χ1v) is 14.8. The monoisotopic (exact) mass is 396 g/mol. The predicted molar refractivity (Wildman–Crippen MR) is 102 cm³/mol. The second-order valence-electron chi connectivity index (χ2n) is 6.73. The summed E-state index contributed by atoms with van der Waals surface area (Å²) in [5.41, 5.74) is 0.625. The van der Waals surface area contributed by atoms with Gasteiger partial charge in [-0.15, -0.1) is 0 Å². The number of hydrogen-bond acceptors (Lipinski definition) is 3. The average molecular weight is 395 g/mol. The molecule has 0 radical (unpaired) electrons. The summed E-state index contributed by atoms with van der Waals surface area (Å²) >= 11 is -2.72. The van der Waals surface area contributed by atoms with Crippen molar-refractivity contribution in [1.82, 2.24) is 0 Å². The van der Waals surface area contributed by atoms with Crippen molar-refractivity contribution < 1.29 is 13.7 Å². The number of aliphatic hydroxyl groups excluding tert-OH is 1. The average Bonchev–Trinajstić information content (AvgIpc) is 2.62. The standard InChI is InChI=1S/C20H34GeO3/c1-4-7-15-21(16-8-5-2,17-9-6-3)24-20(23)19(22)18-13-11-10-12-14-18/h10-14,19,22H,4-9,15-17H2,1-3H3. The SMILES string of the molecule is CCC[CH2][Ge]([CH2]CCC)([CH2]CCC)[O]C(=O)C(O)c1ccccc1. The summed E-state index contributed by atoms with van der Waals surface area (Å²) in [5.74, 6) is -0.426. The van der Waals surface area contributed by atoms with Crippen LogP contribution >= 0.6 is 0 Å². The first-order valence-electron chi connectivity index (χ1n) is 9.54. The molecule has 0 spiro atoms. The van der Waals surface area contributed by atoms with E-state index in [9.17, 15) is 9.90 Å². The van der Waals surface area contributed by atoms with Crippen LogP contribution in [-0.4, -0.2) is 24.7 Å². The molecule has 1 rings (SSSR count). The molecule has 1 N–H and O–H groups in total. The molecule has 0 bridgehead atoms. The van der Waals surface area contributed by atoms with Gasteiger partial charge in [0.05, 0.1) is 0 Å². The number of rotatable bonds is 12. The van der Waals surface area contributed by atoms with Crippen molar-refractivity contribution in [3.63, 3.8) is 0 Å². The molecule has 0 aromatic heterocycles. The minimum absolute atomic E-state index is 0.426. The van der Waals surface area contributed by atoms with E-state index in [4.69, 9.17) is 3.76 Å². The van der Waals surface area contributed by atoms with E-state index in [1.54, 1.807) is 12.1 Å². The Morgan fingerprint density at radius 3 is 1.83 bits per heavy atom. The van der Waals surface area contributed by atoms with E-state index in [0.717, 1.165) is 54.3 Å². The van der Waals surface area contributed by atoms with E-state index in [1.807, 2.05) is 18.2 Å². The van der Waals surface area contributed by atoms with Crippen molar-refractivity contribution in [3.05, 3.63) is 35.9 Å². The molecule has 0 heterocycles. The van der Waals surface area contributed by atoms with E-state index in [2.05, 4.69) is 20.8 Å². The molecule has 1 aromatic carbocycles. The van der Waals surface area contributed by atoms with Gasteiger partial charge in [-0.3, -0.25) is 0 Å². The van der Waals surface area contributed by atoms with Crippen molar-refractivity contribution >= 4 is 19.6 Å². The molecule has 4 heteroatoms. The molecule has 1 aromatic rings. The fourth-order valence-electron chi connectivity index (χ4n) is 3.07. The minimum atomic E-state index is -2.72. The molecule has 0 saturated carbocycles. The van der Waals surface area contributed by atoms with Crippen LogP contribution in [0.25, 0.3) is 0 Å². The predicted octanol–water partition coefficient (Wildman–Crippen LogP) is 5.61. The van der Waals surface area contributed by atoms with Crippen LogP contribution in [0, 0.1) is 0 Å². The van der Waals surface area contributed by atoms with Crippen LogP contribution in [0.2, 0.25) is 15.8 Å². The quantitative estimate of drug-likeness (QED) is 0.468. The van der Waals surface area contributed by atoms with Crippen molar-refractivity contribution in [2.75, 3.05) is 0 Å². The second kappa shape index (κ2) is 11.7. The zero-order valence-corrected chi connectivity index (χ0v) is 17.7. The van der Waals surface area contributed by atoms with Crippen molar-refractivity contribution in [2.24, 2.45) is 0 Å². The molecule has 1 atom stereocenters. The molecule has 136 valence electrons. The maximum absolute atomic E-state index is 12.6. The molecule has 0 aliphatic rings. The molecular weight excluding hydrogens is 361 g/mol. The molecule has 0 fully saturated rings. The van der Waals surface area contributed by atoms with Crippen LogP contribution in [0.3, 0.4) is 0 Å². The molecule has 3 nitrogen and oxygen atoms in total.